The molecule has 6 nitrogen and oxygen atoms in total. The molecule has 0 aromatic heterocycles. The summed E-state index contributed by atoms with van der Waals surface area (Å²) in [5, 5.41) is 15.7. The minimum atomic E-state index is -0.147. The van der Waals surface area contributed by atoms with Crippen LogP contribution in [0.15, 0.2) is 36.4 Å². The van der Waals surface area contributed by atoms with E-state index in [9.17, 15) is 9.90 Å². The Morgan fingerprint density at radius 2 is 2.17 bits per heavy atom. The predicted molar refractivity (Wildman–Crippen MR) is 87.2 cm³/mol. The lowest BCUT2D eigenvalue weighted by Crippen LogP contribution is -2.25. The summed E-state index contributed by atoms with van der Waals surface area (Å²) in [5.41, 5.74) is 2.54. The fraction of sp³-hybridized carbons (Fsp3) is 0.235. The van der Waals surface area contributed by atoms with Crippen LogP contribution >= 0.6 is 0 Å². The summed E-state index contributed by atoms with van der Waals surface area (Å²) in [6.07, 6.45) is 0. The summed E-state index contributed by atoms with van der Waals surface area (Å²) in [6, 6.07) is 10.8. The van der Waals surface area contributed by atoms with Crippen molar-refractivity contribution in [3.63, 3.8) is 0 Å². The van der Waals surface area contributed by atoms with E-state index in [1.807, 2.05) is 25.1 Å². The number of rotatable bonds is 5. The standard InChI is InChI=1S/C17H18N2O4/c1-2-22-16-7-11(3-6-14(16)20)9-18-12-4-5-13-15(8-12)23-10-17(21)19-13/h3-8,18,20H,2,9-10H2,1H3,(H,19,21). The number of amides is 1. The average Bonchev–Trinajstić information content (AvgIpc) is 2.55. The number of anilines is 2. The highest BCUT2D eigenvalue weighted by atomic mass is 16.5. The maximum atomic E-state index is 11.3. The number of fused-ring (bicyclic) bond motifs is 1. The Hall–Kier alpha value is -2.89. The van der Waals surface area contributed by atoms with Crippen molar-refractivity contribution in [1.29, 1.82) is 0 Å². The van der Waals surface area contributed by atoms with Gasteiger partial charge in [-0.25, -0.2) is 0 Å². The summed E-state index contributed by atoms with van der Waals surface area (Å²) < 4.78 is 10.8. The summed E-state index contributed by atoms with van der Waals surface area (Å²) in [7, 11) is 0. The number of phenols is 1. The van der Waals surface area contributed by atoms with Gasteiger partial charge >= 0.3 is 0 Å². The molecule has 1 amide bonds. The van der Waals surface area contributed by atoms with Crippen LogP contribution in [-0.4, -0.2) is 24.2 Å². The van der Waals surface area contributed by atoms with Gasteiger partial charge in [0.05, 0.1) is 12.3 Å². The molecule has 0 fully saturated rings. The number of carbonyl (C=O) groups is 1. The number of nitrogens with one attached hydrogen (secondary N) is 2. The number of phenolic OH excluding ortho intramolecular Hbond substituents is 1. The molecule has 0 saturated heterocycles. The van der Waals surface area contributed by atoms with Crippen molar-refractivity contribution in [3.05, 3.63) is 42.0 Å². The third-order valence-electron chi connectivity index (χ3n) is 3.44. The quantitative estimate of drug-likeness (QED) is 0.791. The Morgan fingerprint density at radius 3 is 3.00 bits per heavy atom. The number of hydrogen-bond acceptors (Lipinski definition) is 5. The minimum Gasteiger partial charge on any atom is -0.504 e. The molecule has 3 N–H and O–H groups in total. The van der Waals surface area contributed by atoms with Gasteiger partial charge in [-0.05, 0) is 36.8 Å². The molecular formula is C17H18N2O4. The summed E-state index contributed by atoms with van der Waals surface area (Å²) in [4.78, 5) is 11.3. The molecule has 0 radical (unpaired) electrons. The van der Waals surface area contributed by atoms with E-state index >= 15 is 0 Å². The first-order chi connectivity index (χ1) is 11.2. The minimum absolute atomic E-state index is 0.0339. The van der Waals surface area contributed by atoms with Crippen molar-refractivity contribution >= 4 is 17.3 Å². The summed E-state index contributed by atoms with van der Waals surface area (Å²) in [5.74, 6) is 1.11. The molecule has 120 valence electrons. The first kappa shape index (κ1) is 15.0. The van der Waals surface area contributed by atoms with Crippen LogP contribution in [0.5, 0.6) is 17.2 Å². The van der Waals surface area contributed by atoms with Crippen molar-refractivity contribution < 1.29 is 19.4 Å². The van der Waals surface area contributed by atoms with Crippen LogP contribution in [-0.2, 0) is 11.3 Å². The third-order valence-corrected chi connectivity index (χ3v) is 3.44. The first-order valence-corrected chi connectivity index (χ1v) is 7.41. The maximum absolute atomic E-state index is 11.3. The molecule has 2 aromatic rings. The van der Waals surface area contributed by atoms with E-state index in [0.29, 0.717) is 30.3 Å². The Balaban J connectivity index is 1.69. The van der Waals surface area contributed by atoms with Crippen LogP contribution in [0.4, 0.5) is 11.4 Å². The molecule has 6 heteroatoms. The van der Waals surface area contributed by atoms with Gasteiger partial charge in [0.25, 0.3) is 5.91 Å². The zero-order valence-corrected chi connectivity index (χ0v) is 12.8. The molecule has 0 unspecified atom stereocenters. The van der Waals surface area contributed by atoms with Gasteiger partial charge in [0.15, 0.2) is 18.1 Å². The van der Waals surface area contributed by atoms with Crippen LogP contribution in [0, 0.1) is 0 Å². The third kappa shape index (κ3) is 3.48. The zero-order valence-electron chi connectivity index (χ0n) is 12.8. The molecule has 0 bridgehead atoms. The monoisotopic (exact) mass is 314 g/mol. The number of hydrogen-bond donors (Lipinski definition) is 3. The molecule has 1 heterocycles. The average molecular weight is 314 g/mol. The SMILES string of the molecule is CCOc1cc(CNc2ccc3c(c2)OCC(=O)N3)ccc1O. The fourth-order valence-electron chi connectivity index (χ4n) is 2.33. The highest BCUT2D eigenvalue weighted by molar-refractivity contribution is 5.95. The fourth-order valence-corrected chi connectivity index (χ4v) is 2.33. The lowest BCUT2D eigenvalue weighted by molar-refractivity contribution is -0.118. The molecule has 1 aliphatic heterocycles. The predicted octanol–water partition coefficient (Wildman–Crippen LogP) is 2.73. The van der Waals surface area contributed by atoms with E-state index in [1.54, 1.807) is 18.2 Å². The van der Waals surface area contributed by atoms with Gasteiger partial charge in [0, 0.05) is 18.3 Å². The second kappa shape index (κ2) is 6.48. The number of carbonyl (C=O) groups excluding carboxylic acids is 1. The van der Waals surface area contributed by atoms with Crippen molar-refractivity contribution in [2.45, 2.75) is 13.5 Å². The van der Waals surface area contributed by atoms with Gasteiger partial charge < -0.3 is 25.2 Å². The van der Waals surface area contributed by atoms with E-state index in [1.165, 1.54) is 0 Å². The Labute approximate surface area is 134 Å². The van der Waals surface area contributed by atoms with E-state index in [0.717, 1.165) is 11.3 Å². The van der Waals surface area contributed by atoms with Gasteiger partial charge in [-0.1, -0.05) is 6.07 Å². The Bertz CT molecular complexity index is 731. The van der Waals surface area contributed by atoms with Crippen LogP contribution in [0.1, 0.15) is 12.5 Å². The van der Waals surface area contributed by atoms with Gasteiger partial charge in [0.1, 0.15) is 5.75 Å². The molecule has 3 rings (SSSR count). The Kier molecular flexibility index (Phi) is 4.23. The molecule has 0 saturated carbocycles. The second-order valence-corrected chi connectivity index (χ2v) is 5.14. The topological polar surface area (TPSA) is 79.8 Å². The van der Waals surface area contributed by atoms with E-state index < -0.39 is 0 Å². The molecule has 0 atom stereocenters. The van der Waals surface area contributed by atoms with Crippen molar-refractivity contribution in [3.8, 4) is 17.2 Å². The van der Waals surface area contributed by atoms with Crippen LogP contribution in [0.25, 0.3) is 0 Å². The molecule has 2 aromatic carbocycles. The highest BCUT2D eigenvalue weighted by Crippen LogP contribution is 2.31. The number of ether oxygens (including phenoxy) is 2. The molecular weight excluding hydrogens is 296 g/mol. The van der Waals surface area contributed by atoms with Gasteiger partial charge in [-0.15, -0.1) is 0 Å². The van der Waals surface area contributed by atoms with E-state index in [4.69, 9.17) is 9.47 Å². The zero-order chi connectivity index (χ0) is 16.2. The lowest BCUT2D eigenvalue weighted by Gasteiger charge is -2.19. The van der Waals surface area contributed by atoms with Crippen LogP contribution in [0.3, 0.4) is 0 Å². The van der Waals surface area contributed by atoms with E-state index in [2.05, 4.69) is 10.6 Å². The van der Waals surface area contributed by atoms with Crippen LogP contribution in [0.2, 0.25) is 0 Å². The highest BCUT2D eigenvalue weighted by Gasteiger charge is 2.15. The lowest BCUT2D eigenvalue weighted by atomic mass is 10.2. The smallest absolute Gasteiger partial charge is 0.262 e. The Morgan fingerprint density at radius 1 is 1.30 bits per heavy atom. The van der Waals surface area contributed by atoms with Gasteiger partial charge in [-0.2, -0.15) is 0 Å². The van der Waals surface area contributed by atoms with Crippen LogP contribution < -0.4 is 20.1 Å². The number of aromatic hydroxyl groups is 1. The second-order valence-electron chi connectivity index (χ2n) is 5.14. The molecule has 23 heavy (non-hydrogen) atoms. The van der Waals surface area contributed by atoms with Crippen molar-refractivity contribution in [2.75, 3.05) is 23.8 Å². The molecule has 1 aliphatic rings. The van der Waals surface area contributed by atoms with E-state index in [-0.39, 0.29) is 18.3 Å². The largest absolute Gasteiger partial charge is 0.504 e. The van der Waals surface area contributed by atoms with Gasteiger partial charge in [-0.3, -0.25) is 4.79 Å². The maximum Gasteiger partial charge on any atom is 0.262 e. The molecule has 0 spiro atoms. The summed E-state index contributed by atoms with van der Waals surface area (Å²) in [6.45, 7) is 2.98. The van der Waals surface area contributed by atoms with Crippen molar-refractivity contribution in [1.82, 2.24) is 0 Å². The molecule has 0 aliphatic carbocycles. The van der Waals surface area contributed by atoms with Gasteiger partial charge in [0.2, 0.25) is 0 Å². The normalized spacial score (nSPS) is 12.8. The van der Waals surface area contributed by atoms with Crippen molar-refractivity contribution in [2.24, 2.45) is 0 Å². The number of benzene rings is 2. The summed E-state index contributed by atoms with van der Waals surface area (Å²) >= 11 is 0. The first-order valence-electron chi connectivity index (χ1n) is 7.41.